The SMILES string of the molecule is CC(CC1CCCCCN1)Nc1c(Cl)ccc2scnc12. The van der Waals surface area contributed by atoms with Gasteiger partial charge in [-0.2, -0.15) is 0 Å². The van der Waals surface area contributed by atoms with Gasteiger partial charge in [-0.1, -0.05) is 24.4 Å². The van der Waals surface area contributed by atoms with E-state index in [0.29, 0.717) is 12.1 Å². The fourth-order valence-corrected chi connectivity index (χ4v) is 3.97. The molecule has 1 aliphatic rings. The summed E-state index contributed by atoms with van der Waals surface area (Å²) in [7, 11) is 0. The molecule has 5 heteroatoms. The molecule has 3 nitrogen and oxygen atoms in total. The van der Waals surface area contributed by atoms with E-state index >= 15 is 0 Å². The van der Waals surface area contributed by atoms with Crippen LogP contribution in [0, 0.1) is 0 Å². The molecule has 3 rings (SSSR count). The van der Waals surface area contributed by atoms with Crippen LogP contribution < -0.4 is 10.6 Å². The van der Waals surface area contributed by atoms with Gasteiger partial charge in [-0.25, -0.2) is 4.98 Å². The minimum atomic E-state index is 0.380. The highest BCUT2D eigenvalue weighted by Crippen LogP contribution is 2.33. The Labute approximate surface area is 135 Å². The summed E-state index contributed by atoms with van der Waals surface area (Å²) in [5.74, 6) is 0. The van der Waals surface area contributed by atoms with Gasteiger partial charge in [-0.3, -0.25) is 0 Å². The molecule has 0 aliphatic carbocycles. The Bertz CT molecular complexity index is 590. The molecule has 0 amide bonds. The van der Waals surface area contributed by atoms with Gasteiger partial charge in [-0.05, 0) is 44.9 Å². The van der Waals surface area contributed by atoms with Gasteiger partial charge in [0.15, 0.2) is 0 Å². The lowest BCUT2D eigenvalue weighted by molar-refractivity contribution is 0.456. The quantitative estimate of drug-likeness (QED) is 0.858. The molecule has 1 aromatic carbocycles. The number of anilines is 1. The third kappa shape index (κ3) is 3.68. The number of rotatable bonds is 4. The standard InChI is InChI=1S/C16H22ClN3S/c1-11(9-12-5-3-2-4-8-18-12)20-15-13(17)6-7-14-16(15)19-10-21-14/h6-7,10-12,18,20H,2-5,8-9H2,1H3. The highest BCUT2D eigenvalue weighted by molar-refractivity contribution is 7.16. The van der Waals surface area contributed by atoms with Gasteiger partial charge in [0.1, 0.15) is 5.52 Å². The van der Waals surface area contributed by atoms with E-state index in [-0.39, 0.29) is 0 Å². The van der Waals surface area contributed by atoms with Crippen LogP contribution in [0.4, 0.5) is 5.69 Å². The van der Waals surface area contributed by atoms with Gasteiger partial charge >= 0.3 is 0 Å². The summed E-state index contributed by atoms with van der Waals surface area (Å²) in [6.45, 7) is 3.38. The molecular weight excluding hydrogens is 302 g/mol. The fourth-order valence-electron chi connectivity index (χ4n) is 3.08. The van der Waals surface area contributed by atoms with Crippen molar-refractivity contribution in [1.82, 2.24) is 10.3 Å². The number of hydrogen-bond donors (Lipinski definition) is 2. The molecule has 1 saturated heterocycles. The molecule has 2 atom stereocenters. The molecule has 1 aliphatic heterocycles. The van der Waals surface area contributed by atoms with Crippen molar-refractivity contribution >= 4 is 38.8 Å². The van der Waals surface area contributed by atoms with Crippen molar-refractivity contribution in [3.8, 4) is 0 Å². The van der Waals surface area contributed by atoms with Crippen LogP contribution >= 0.6 is 22.9 Å². The zero-order chi connectivity index (χ0) is 14.7. The minimum Gasteiger partial charge on any atom is -0.380 e. The van der Waals surface area contributed by atoms with Crippen LogP contribution in [0.1, 0.15) is 39.0 Å². The number of halogens is 1. The van der Waals surface area contributed by atoms with Crippen LogP contribution in [-0.2, 0) is 0 Å². The highest BCUT2D eigenvalue weighted by atomic mass is 35.5. The summed E-state index contributed by atoms with van der Waals surface area (Å²) in [6.07, 6.45) is 6.40. The number of thiazole rings is 1. The van der Waals surface area contributed by atoms with Crippen LogP contribution in [0.15, 0.2) is 17.6 Å². The van der Waals surface area contributed by atoms with Crippen LogP contribution in [0.2, 0.25) is 5.02 Å². The third-order valence-electron chi connectivity index (χ3n) is 4.14. The fraction of sp³-hybridized carbons (Fsp3) is 0.562. The molecule has 0 saturated carbocycles. The Morgan fingerprint density at radius 3 is 3.24 bits per heavy atom. The Morgan fingerprint density at radius 1 is 1.43 bits per heavy atom. The van der Waals surface area contributed by atoms with E-state index in [2.05, 4.69) is 22.5 Å². The van der Waals surface area contributed by atoms with E-state index in [0.717, 1.165) is 29.2 Å². The normalized spacial score (nSPS) is 21.1. The van der Waals surface area contributed by atoms with Crippen LogP contribution in [0.3, 0.4) is 0 Å². The summed E-state index contributed by atoms with van der Waals surface area (Å²) in [4.78, 5) is 4.45. The van der Waals surface area contributed by atoms with Crippen molar-refractivity contribution in [1.29, 1.82) is 0 Å². The molecule has 1 aromatic heterocycles. The van der Waals surface area contributed by atoms with Gasteiger partial charge in [0.25, 0.3) is 0 Å². The first-order valence-corrected chi connectivity index (χ1v) is 9.01. The minimum absolute atomic E-state index is 0.380. The van der Waals surface area contributed by atoms with Crippen LogP contribution in [0.5, 0.6) is 0 Å². The maximum absolute atomic E-state index is 6.36. The van der Waals surface area contributed by atoms with E-state index < -0.39 is 0 Å². The first-order valence-electron chi connectivity index (χ1n) is 7.75. The number of nitrogens with zero attached hydrogens (tertiary/aromatic N) is 1. The molecule has 2 unspecified atom stereocenters. The summed E-state index contributed by atoms with van der Waals surface area (Å²) in [6, 6.07) is 4.99. The molecule has 2 aromatic rings. The van der Waals surface area contributed by atoms with Gasteiger partial charge in [-0.15, -0.1) is 11.3 Å². The summed E-state index contributed by atoms with van der Waals surface area (Å²) in [5, 5.41) is 8.00. The number of hydrogen-bond acceptors (Lipinski definition) is 4. The van der Waals surface area contributed by atoms with Crippen molar-refractivity contribution in [2.45, 2.75) is 51.1 Å². The van der Waals surface area contributed by atoms with Crippen molar-refractivity contribution in [2.24, 2.45) is 0 Å². The average Bonchev–Trinajstić information content (AvgIpc) is 2.80. The topological polar surface area (TPSA) is 37.0 Å². The monoisotopic (exact) mass is 323 g/mol. The maximum Gasteiger partial charge on any atom is 0.106 e. The molecule has 2 N–H and O–H groups in total. The smallest absolute Gasteiger partial charge is 0.106 e. The van der Waals surface area contributed by atoms with Crippen molar-refractivity contribution in [2.75, 3.05) is 11.9 Å². The average molecular weight is 324 g/mol. The van der Waals surface area contributed by atoms with E-state index in [1.807, 2.05) is 17.6 Å². The lowest BCUT2D eigenvalue weighted by Crippen LogP contribution is -2.33. The van der Waals surface area contributed by atoms with Crippen LogP contribution in [0.25, 0.3) is 10.2 Å². The predicted octanol–water partition coefficient (Wildman–Crippen LogP) is 4.67. The van der Waals surface area contributed by atoms with Gasteiger partial charge in [0.05, 0.1) is 20.9 Å². The first-order chi connectivity index (χ1) is 10.2. The van der Waals surface area contributed by atoms with Crippen molar-refractivity contribution in [3.05, 3.63) is 22.7 Å². The molecule has 0 bridgehead atoms. The first kappa shape index (κ1) is 15.1. The highest BCUT2D eigenvalue weighted by Gasteiger charge is 2.17. The Balaban J connectivity index is 1.69. The summed E-state index contributed by atoms with van der Waals surface area (Å²) >= 11 is 8.01. The largest absolute Gasteiger partial charge is 0.380 e. The summed E-state index contributed by atoms with van der Waals surface area (Å²) < 4.78 is 1.18. The Hall–Kier alpha value is -0.840. The predicted molar refractivity (Wildman–Crippen MR) is 92.6 cm³/mol. The van der Waals surface area contributed by atoms with Gasteiger partial charge in [0.2, 0.25) is 0 Å². The van der Waals surface area contributed by atoms with Crippen molar-refractivity contribution in [3.63, 3.8) is 0 Å². The molecule has 2 heterocycles. The van der Waals surface area contributed by atoms with Crippen LogP contribution in [-0.4, -0.2) is 23.6 Å². The van der Waals surface area contributed by atoms with E-state index in [9.17, 15) is 0 Å². The second kappa shape index (κ2) is 6.95. The number of nitrogens with one attached hydrogen (secondary N) is 2. The maximum atomic E-state index is 6.36. The summed E-state index contributed by atoms with van der Waals surface area (Å²) in [5.41, 5.74) is 3.86. The van der Waals surface area contributed by atoms with Gasteiger partial charge in [0, 0.05) is 12.1 Å². The lowest BCUT2D eigenvalue weighted by atomic mass is 10.0. The van der Waals surface area contributed by atoms with Crippen molar-refractivity contribution < 1.29 is 0 Å². The third-order valence-corrected chi connectivity index (χ3v) is 5.25. The molecular formula is C16H22ClN3S. The van der Waals surface area contributed by atoms with E-state index in [1.54, 1.807) is 11.3 Å². The number of benzene rings is 1. The van der Waals surface area contributed by atoms with Gasteiger partial charge < -0.3 is 10.6 Å². The Morgan fingerprint density at radius 2 is 2.33 bits per heavy atom. The van der Waals surface area contributed by atoms with E-state index in [1.165, 1.54) is 30.4 Å². The molecule has 0 radical (unpaired) electrons. The zero-order valence-corrected chi connectivity index (χ0v) is 13.9. The molecule has 0 spiro atoms. The second-order valence-electron chi connectivity index (χ2n) is 5.90. The number of fused-ring (bicyclic) bond motifs is 1. The molecule has 21 heavy (non-hydrogen) atoms. The van der Waals surface area contributed by atoms with E-state index in [4.69, 9.17) is 11.6 Å². The molecule has 114 valence electrons. The molecule has 1 fully saturated rings. The zero-order valence-electron chi connectivity index (χ0n) is 12.4. The second-order valence-corrected chi connectivity index (χ2v) is 7.20. The Kier molecular flexibility index (Phi) is 4.99. The number of aromatic nitrogens is 1. The lowest BCUT2D eigenvalue weighted by Gasteiger charge is -2.22.